The predicted molar refractivity (Wildman–Crippen MR) is 108 cm³/mol. The average Bonchev–Trinajstić information content (AvgIpc) is 2.45. The minimum Gasteiger partial charge on any atom is -0.309 e. The molecular weight excluding hydrogens is 319 g/mol. The second kappa shape index (κ2) is 14.5. The Morgan fingerprint density at radius 3 is 2.08 bits per heavy atom. The summed E-state index contributed by atoms with van der Waals surface area (Å²) in [6.45, 7) is 12.8. The second-order valence-electron chi connectivity index (χ2n) is 5.77. The Kier molecular flexibility index (Phi) is 15.3. The Balaban J connectivity index is 0. The second-order valence-corrected chi connectivity index (χ2v) is 7.87. The Labute approximate surface area is 150 Å². The molecule has 0 aromatic carbocycles. The van der Waals surface area contributed by atoms with E-state index in [0.29, 0.717) is 19.4 Å². The van der Waals surface area contributed by atoms with Gasteiger partial charge in [0.1, 0.15) is 0 Å². The zero-order chi connectivity index (χ0) is 17.7. The summed E-state index contributed by atoms with van der Waals surface area (Å²) in [7, 11) is -2.98. The lowest BCUT2D eigenvalue weighted by Gasteiger charge is -2.15. The van der Waals surface area contributed by atoms with Crippen molar-refractivity contribution in [2.45, 2.75) is 61.8 Å². The Morgan fingerprint density at radius 2 is 1.58 bits per heavy atom. The molecule has 0 fully saturated rings. The van der Waals surface area contributed by atoms with Gasteiger partial charge in [0.25, 0.3) is 0 Å². The van der Waals surface area contributed by atoms with Gasteiger partial charge in [-0.25, -0.2) is 0 Å². The normalized spacial score (nSPS) is 13.1. The summed E-state index contributed by atoms with van der Waals surface area (Å²) in [4.78, 5) is 0. The molecular formula is C20H37O3P. The van der Waals surface area contributed by atoms with Crippen molar-refractivity contribution in [2.24, 2.45) is 0 Å². The van der Waals surface area contributed by atoms with Crippen LogP contribution in [0, 0.1) is 0 Å². The van der Waals surface area contributed by atoms with E-state index in [9.17, 15) is 4.57 Å². The molecule has 0 N–H and O–H groups in total. The van der Waals surface area contributed by atoms with Crippen LogP contribution < -0.4 is 0 Å². The van der Waals surface area contributed by atoms with E-state index in [4.69, 9.17) is 9.05 Å². The molecule has 4 heteroatoms. The molecule has 0 heterocycles. The van der Waals surface area contributed by atoms with Crippen LogP contribution in [0.4, 0.5) is 0 Å². The molecule has 0 radical (unpaired) electrons. The zero-order valence-electron chi connectivity index (χ0n) is 15.6. The van der Waals surface area contributed by atoms with Gasteiger partial charge in [-0.15, -0.1) is 0 Å². The Morgan fingerprint density at radius 1 is 1.00 bits per heavy atom. The number of allylic oxidation sites excluding steroid dienone is 8. The summed E-state index contributed by atoms with van der Waals surface area (Å²) >= 11 is 0. The van der Waals surface area contributed by atoms with Gasteiger partial charge in [0.15, 0.2) is 0 Å². The fourth-order valence-corrected chi connectivity index (χ4v) is 3.48. The van der Waals surface area contributed by atoms with Gasteiger partial charge in [0.05, 0.1) is 19.4 Å². The lowest BCUT2D eigenvalue weighted by atomic mass is 10.1. The van der Waals surface area contributed by atoms with Crippen LogP contribution in [0.2, 0.25) is 0 Å². The SMILES string of the molecule is C.CCOP(=O)(C/C=C(C)/C=C/C=C(\C)CCC=C(C)C)OCC. The maximum absolute atomic E-state index is 12.3. The molecule has 0 unspecified atom stereocenters. The topological polar surface area (TPSA) is 35.5 Å². The predicted octanol–water partition coefficient (Wildman–Crippen LogP) is 7.08. The molecule has 3 nitrogen and oxygen atoms in total. The molecule has 0 aliphatic heterocycles. The number of hydrogen-bond acceptors (Lipinski definition) is 3. The van der Waals surface area contributed by atoms with E-state index < -0.39 is 7.60 Å². The fraction of sp³-hybridized carbons (Fsp3) is 0.600. The van der Waals surface area contributed by atoms with Crippen molar-refractivity contribution in [1.82, 2.24) is 0 Å². The van der Waals surface area contributed by atoms with Gasteiger partial charge in [-0.05, 0) is 54.4 Å². The Bertz CT molecular complexity index is 485. The average molecular weight is 356 g/mol. The molecule has 24 heavy (non-hydrogen) atoms. The maximum Gasteiger partial charge on any atom is 0.334 e. The highest BCUT2D eigenvalue weighted by molar-refractivity contribution is 7.54. The van der Waals surface area contributed by atoms with Gasteiger partial charge in [-0.1, -0.05) is 54.5 Å². The molecule has 0 saturated carbocycles. The first kappa shape index (κ1) is 25.4. The van der Waals surface area contributed by atoms with Crippen molar-refractivity contribution in [2.75, 3.05) is 19.4 Å². The monoisotopic (exact) mass is 356 g/mol. The standard InChI is InChI=1S/C19H33O3P.CH4/c1-7-21-23(20,22-8-2)16-15-19(6)14-10-13-18(5)12-9-11-17(3)4;/h10-11,13-15H,7-9,12,16H2,1-6H3;1H4/b14-10+,18-13+,19-15+;. The van der Waals surface area contributed by atoms with Crippen LogP contribution >= 0.6 is 7.60 Å². The number of rotatable bonds is 11. The molecule has 0 aromatic rings. The van der Waals surface area contributed by atoms with Crippen molar-refractivity contribution in [1.29, 1.82) is 0 Å². The largest absolute Gasteiger partial charge is 0.334 e. The summed E-state index contributed by atoms with van der Waals surface area (Å²) in [6, 6.07) is 0. The lowest BCUT2D eigenvalue weighted by molar-refractivity contribution is 0.222. The quantitative estimate of drug-likeness (QED) is 0.225. The van der Waals surface area contributed by atoms with Gasteiger partial charge in [-0.3, -0.25) is 4.57 Å². The first-order chi connectivity index (χ1) is 10.8. The molecule has 0 atom stereocenters. The maximum atomic E-state index is 12.3. The molecule has 0 aromatic heterocycles. The third kappa shape index (κ3) is 13.5. The molecule has 140 valence electrons. The number of hydrogen-bond donors (Lipinski definition) is 0. The van der Waals surface area contributed by atoms with E-state index in [-0.39, 0.29) is 7.43 Å². The van der Waals surface area contributed by atoms with Gasteiger partial charge in [-0.2, -0.15) is 0 Å². The third-order valence-corrected chi connectivity index (χ3v) is 5.05. The zero-order valence-corrected chi connectivity index (χ0v) is 16.5. The van der Waals surface area contributed by atoms with Crippen molar-refractivity contribution in [3.8, 4) is 0 Å². The lowest BCUT2D eigenvalue weighted by Crippen LogP contribution is -1.98. The molecule has 0 aliphatic rings. The fourth-order valence-electron chi connectivity index (χ4n) is 1.90. The van der Waals surface area contributed by atoms with Crippen LogP contribution in [0.15, 0.2) is 47.1 Å². The highest BCUT2D eigenvalue weighted by Crippen LogP contribution is 2.48. The first-order valence-electron chi connectivity index (χ1n) is 8.35. The minimum atomic E-state index is -2.98. The van der Waals surface area contributed by atoms with Crippen molar-refractivity contribution < 1.29 is 13.6 Å². The van der Waals surface area contributed by atoms with Gasteiger partial charge in [0.2, 0.25) is 0 Å². The molecule has 0 bridgehead atoms. The first-order valence-corrected chi connectivity index (χ1v) is 10.1. The van der Waals surface area contributed by atoms with Crippen LogP contribution in [-0.2, 0) is 13.6 Å². The minimum absolute atomic E-state index is 0. The third-order valence-electron chi connectivity index (χ3n) is 3.12. The van der Waals surface area contributed by atoms with Crippen LogP contribution in [0.1, 0.15) is 61.8 Å². The van der Waals surface area contributed by atoms with Crippen LogP contribution in [0.25, 0.3) is 0 Å². The molecule has 0 rings (SSSR count). The highest BCUT2D eigenvalue weighted by atomic mass is 31.2. The summed E-state index contributed by atoms with van der Waals surface area (Å²) in [5.41, 5.74) is 3.76. The van der Waals surface area contributed by atoms with E-state index >= 15 is 0 Å². The van der Waals surface area contributed by atoms with Crippen molar-refractivity contribution in [3.63, 3.8) is 0 Å². The van der Waals surface area contributed by atoms with Crippen LogP contribution in [-0.4, -0.2) is 19.4 Å². The van der Waals surface area contributed by atoms with E-state index in [0.717, 1.165) is 18.4 Å². The van der Waals surface area contributed by atoms with Crippen molar-refractivity contribution >= 4 is 7.60 Å². The smallest absolute Gasteiger partial charge is 0.309 e. The summed E-state index contributed by atoms with van der Waals surface area (Å²) in [6.07, 6.45) is 12.8. The summed E-state index contributed by atoms with van der Waals surface area (Å²) in [5.74, 6) is 0. The van der Waals surface area contributed by atoms with Crippen LogP contribution in [0.5, 0.6) is 0 Å². The van der Waals surface area contributed by atoms with Crippen molar-refractivity contribution in [3.05, 3.63) is 47.1 Å². The van der Waals surface area contributed by atoms with E-state index in [1.165, 1.54) is 11.1 Å². The Hall–Kier alpha value is -0.890. The molecule has 0 amide bonds. The molecule has 0 spiro atoms. The summed E-state index contributed by atoms with van der Waals surface area (Å²) in [5, 5.41) is 0. The van der Waals surface area contributed by atoms with E-state index in [1.54, 1.807) is 0 Å². The highest BCUT2D eigenvalue weighted by Gasteiger charge is 2.21. The van der Waals surface area contributed by atoms with Crippen LogP contribution in [0.3, 0.4) is 0 Å². The van der Waals surface area contributed by atoms with Gasteiger partial charge >= 0.3 is 7.60 Å². The van der Waals surface area contributed by atoms with E-state index in [1.807, 2.05) is 39.0 Å². The van der Waals surface area contributed by atoms with Gasteiger partial charge < -0.3 is 9.05 Å². The van der Waals surface area contributed by atoms with E-state index in [2.05, 4.69) is 32.9 Å². The summed E-state index contributed by atoms with van der Waals surface area (Å²) < 4.78 is 22.9. The van der Waals surface area contributed by atoms with Gasteiger partial charge in [0, 0.05) is 0 Å². The molecule has 0 aliphatic carbocycles. The molecule has 0 saturated heterocycles.